The van der Waals surface area contributed by atoms with Crippen LogP contribution in [0.25, 0.3) is 6.08 Å². The van der Waals surface area contributed by atoms with Crippen LogP contribution in [0, 0.1) is 0 Å². The number of hydrogen-bond donors (Lipinski definition) is 1. The maximum Gasteiger partial charge on any atom is 0.247 e. The van der Waals surface area contributed by atoms with Crippen molar-refractivity contribution in [1.82, 2.24) is 10.2 Å². The van der Waals surface area contributed by atoms with Gasteiger partial charge in [-0.25, -0.2) is 0 Å². The van der Waals surface area contributed by atoms with E-state index in [4.69, 9.17) is 9.47 Å². The number of rotatable bonds is 11. The van der Waals surface area contributed by atoms with E-state index < -0.39 is 6.04 Å². The molecule has 0 aliphatic rings. The molecule has 0 aromatic heterocycles. The molecule has 6 nitrogen and oxygen atoms in total. The summed E-state index contributed by atoms with van der Waals surface area (Å²) in [6.07, 6.45) is 3.24. The number of carbonyl (C=O) groups is 2. The summed E-state index contributed by atoms with van der Waals surface area (Å²) in [5.74, 6) is 0.857. The molecule has 1 N–H and O–H groups in total. The van der Waals surface area contributed by atoms with Crippen molar-refractivity contribution in [2.75, 3.05) is 14.2 Å². The maximum atomic E-state index is 13.9. The third-order valence-electron chi connectivity index (χ3n) is 6.40. The van der Waals surface area contributed by atoms with Crippen molar-refractivity contribution in [1.29, 1.82) is 0 Å². The molecule has 2 amide bonds. The minimum absolute atomic E-state index is 0.209. The predicted molar refractivity (Wildman–Crippen MR) is 161 cm³/mol. The predicted octanol–water partition coefficient (Wildman–Crippen LogP) is 6.57. The van der Waals surface area contributed by atoms with E-state index in [1.165, 1.54) is 6.08 Å². The number of hydrogen-bond acceptors (Lipinski definition) is 4. The molecule has 0 aliphatic heterocycles. The first-order chi connectivity index (χ1) is 19.5. The van der Waals surface area contributed by atoms with Gasteiger partial charge in [0.25, 0.3) is 0 Å². The van der Waals surface area contributed by atoms with Gasteiger partial charge in [0.15, 0.2) is 0 Å². The highest BCUT2D eigenvalue weighted by atomic mass is 79.9. The van der Waals surface area contributed by atoms with Crippen LogP contribution in [0.5, 0.6) is 11.5 Å². The van der Waals surface area contributed by atoms with Crippen LogP contribution < -0.4 is 14.8 Å². The van der Waals surface area contributed by atoms with Gasteiger partial charge in [0.2, 0.25) is 11.8 Å². The minimum Gasteiger partial charge on any atom is -0.497 e. The Balaban J connectivity index is 1.70. The number of halogens is 1. The molecular formula is C33H31BrN2O4. The molecule has 0 heterocycles. The summed E-state index contributed by atoms with van der Waals surface area (Å²) in [5, 5.41) is 3.04. The average Bonchev–Trinajstić information content (AvgIpc) is 3.00. The summed E-state index contributed by atoms with van der Waals surface area (Å²) in [4.78, 5) is 29.3. The molecule has 7 heteroatoms. The van der Waals surface area contributed by atoms with Crippen molar-refractivity contribution in [3.05, 3.63) is 136 Å². The van der Waals surface area contributed by atoms with Crippen LogP contribution in [0.3, 0.4) is 0 Å². The number of methoxy groups -OCH3 is 2. The second-order valence-corrected chi connectivity index (χ2v) is 9.90. The Morgan fingerprint density at radius 1 is 0.800 bits per heavy atom. The highest BCUT2D eigenvalue weighted by Gasteiger charge is 2.32. The second kappa shape index (κ2) is 14.1. The van der Waals surface area contributed by atoms with E-state index >= 15 is 0 Å². The standard InChI is InChI=1S/C33H31BrN2O4/c1-39-27-17-12-24(13-18-27)16-21-31(37)36(23-26-14-19-28(40-2)20-15-26)32(29-10-6-7-11-30(29)34)33(38)35-22-25-8-4-3-5-9-25/h3-21,32H,22-23H2,1-2H3,(H,35,38)/b21-16+. The zero-order valence-corrected chi connectivity index (χ0v) is 24.0. The molecule has 0 bridgehead atoms. The van der Waals surface area contributed by atoms with E-state index in [0.29, 0.717) is 17.9 Å². The van der Waals surface area contributed by atoms with Crippen molar-refractivity contribution in [2.24, 2.45) is 0 Å². The van der Waals surface area contributed by atoms with Crippen LogP contribution in [0.4, 0.5) is 0 Å². The molecule has 0 radical (unpaired) electrons. The molecule has 1 unspecified atom stereocenters. The SMILES string of the molecule is COc1ccc(/C=C/C(=O)N(Cc2ccc(OC)cc2)C(C(=O)NCc2ccccc2)c2ccccc2Br)cc1. The molecule has 204 valence electrons. The molecule has 0 saturated carbocycles. The lowest BCUT2D eigenvalue weighted by Gasteiger charge is -2.31. The number of carbonyl (C=O) groups excluding carboxylic acids is 2. The number of nitrogens with one attached hydrogen (secondary N) is 1. The summed E-state index contributed by atoms with van der Waals surface area (Å²) in [6.45, 7) is 0.549. The van der Waals surface area contributed by atoms with Crippen LogP contribution in [-0.2, 0) is 22.7 Å². The van der Waals surface area contributed by atoms with Crippen molar-refractivity contribution in [3.63, 3.8) is 0 Å². The van der Waals surface area contributed by atoms with Crippen molar-refractivity contribution in [2.45, 2.75) is 19.1 Å². The Morgan fingerprint density at radius 2 is 1.40 bits per heavy atom. The minimum atomic E-state index is -0.894. The summed E-state index contributed by atoms with van der Waals surface area (Å²) in [6, 6.07) is 31.1. The number of nitrogens with zero attached hydrogens (tertiary/aromatic N) is 1. The fourth-order valence-electron chi connectivity index (χ4n) is 4.23. The lowest BCUT2D eigenvalue weighted by Crippen LogP contribution is -2.42. The molecule has 0 spiro atoms. The Hall–Kier alpha value is -4.36. The highest BCUT2D eigenvalue weighted by Crippen LogP contribution is 2.30. The third-order valence-corrected chi connectivity index (χ3v) is 7.12. The first kappa shape index (κ1) is 28.6. The van der Waals surface area contributed by atoms with E-state index in [1.54, 1.807) is 25.2 Å². The zero-order valence-electron chi connectivity index (χ0n) is 22.4. The first-order valence-corrected chi connectivity index (χ1v) is 13.6. The van der Waals surface area contributed by atoms with Gasteiger partial charge in [-0.15, -0.1) is 0 Å². The number of amides is 2. The molecule has 4 aromatic carbocycles. The molecule has 1 atom stereocenters. The molecule has 4 rings (SSSR count). The van der Waals surface area contributed by atoms with Gasteiger partial charge in [0.1, 0.15) is 17.5 Å². The third kappa shape index (κ3) is 7.61. The monoisotopic (exact) mass is 598 g/mol. The van der Waals surface area contributed by atoms with Gasteiger partial charge < -0.3 is 19.7 Å². The normalized spacial score (nSPS) is 11.6. The van der Waals surface area contributed by atoms with Gasteiger partial charge in [0, 0.05) is 23.6 Å². The Morgan fingerprint density at radius 3 is 2.02 bits per heavy atom. The largest absolute Gasteiger partial charge is 0.497 e. The quantitative estimate of drug-likeness (QED) is 0.198. The average molecular weight is 600 g/mol. The van der Waals surface area contributed by atoms with Crippen molar-refractivity contribution in [3.8, 4) is 11.5 Å². The van der Waals surface area contributed by atoms with Gasteiger partial charge >= 0.3 is 0 Å². The van der Waals surface area contributed by atoms with Crippen LogP contribution in [0.2, 0.25) is 0 Å². The molecular weight excluding hydrogens is 568 g/mol. The van der Waals surface area contributed by atoms with Crippen LogP contribution in [0.1, 0.15) is 28.3 Å². The summed E-state index contributed by atoms with van der Waals surface area (Å²) in [5.41, 5.74) is 3.35. The lowest BCUT2D eigenvalue weighted by atomic mass is 10.0. The van der Waals surface area contributed by atoms with Gasteiger partial charge in [0.05, 0.1) is 14.2 Å². The van der Waals surface area contributed by atoms with Crippen LogP contribution in [0.15, 0.2) is 114 Å². The fraction of sp³-hybridized carbons (Fsp3) is 0.152. The Kier molecular flexibility index (Phi) is 10.1. The number of ether oxygens (including phenoxy) is 2. The molecule has 0 aliphatic carbocycles. The Labute approximate surface area is 243 Å². The lowest BCUT2D eigenvalue weighted by molar-refractivity contribution is -0.138. The summed E-state index contributed by atoms with van der Waals surface area (Å²) >= 11 is 3.61. The topological polar surface area (TPSA) is 67.9 Å². The van der Waals surface area contributed by atoms with Gasteiger partial charge in [-0.1, -0.05) is 88.7 Å². The first-order valence-electron chi connectivity index (χ1n) is 12.8. The van der Waals surface area contributed by atoms with Crippen LogP contribution >= 0.6 is 15.9 Å². The van der Waals surface area contributed by atoms with E-state index in [1.807, 2.05) is 103 Å². The molecule has 0 fully saturated rings. The highest BCUT2D eigenvalue weighted by molar-refractivity contribution is 9.10. The van der Waals surface area contributed by atoms with Crippen molar-refractivity contribution >= 4 is 33.8 Å². The van der Waals surface area contributed by atoms with Gasteiger partial charge in [-0.2, -0.15) is 0 Å². The second-order valence-electron chi connectivity index (χ2n) is 9.05. The molecule has 4 aromatic rings. The van der Waals surface area contributed by atoms with E-state index in [0.717, 1.165) is 26.9 Å². The van der Waals surface area contributed by atoms with Gasteiger partial charge in [-0.3, -0.25) is 9.59 Å². The maximum absolute atomic E-state index is 13.9. The Bertz CT molecular complexity index is 1440. The number of benzene rings is 4. The van der Waals surface area contributed by atoms with Crippen molar-refractivity contribution < 1.29 is 19.1 Å². The fourth-order valence-corrected chi connectivity index (χ4v) is 4.73. The smallest absolute Gasteiger partial charge is 0.247 e. The summed E-state index contributed by atoms with van der Waals surface area (Å²) in [7, 11) is 3.21. The molecule has 40 heavy (non-hydrogen) atoms. The summed E-state index contributed by atoms with van der Waals surface area (Å²) < 4.78 is 11.3. The van der Waals surface area contributed by atoms with E-state index in [2.05, 4.69) is 21.2 Å². The van der Waals surface area contributed by atoms with Crippen LogP contribution in [-0.4, -0.2) is 30.9 Å². The zero-order chi connectivity index (χ0) is 28.3. The van der Waals surface area contributed by atoms with E-state index in [-0.39, 0.29) is 18.4 Å². The van der Waals surface area contributed by atoms with Gasteiger partial charge in [-0.05, 0) is 58.7 Å². The van der Waals surface area contributed by atoms with E-state index in [9.17, 15) is 9.59 Å². The molecule has 0 saturated heterocycles.